The van der Waals surface area contributed by atoms with E-state index in [1.165, 1.54) is 0 Å². The van der Waals surface area contributed by atoms with Crippen molar-refractivity contribution in [2.24, 2.45) is 0 Å². The maximum atomic E-state index is 12.0. The lowest BCUT2D eigenvalue weighted by Crippen LogP contribution is -2.36. The molecule has 0 unspecified atom stereocenters. The summed E-state index contributed by atoms with van der Waals surface area (Å²) >= 11 is 0. The van der Waals surface area contributed by atoms with Gasteiger partial charge in [0.2, 0.25) is 0 Å². The Morgan fingerprint density at radius 3 is 2.82 bits per heavy atom. The summed E-state index contributed by atoms with van der Waals surface area (Å²) in [6.07, 6.45) is 3.93. The molecule has 0 aromatic carbocycles. The summed E-state index contributed by atoms with van der Waals surface area (Å²) in [5, 5.41) is 2.86. The molecule has 0 atom stereocenters. The Balaban J connectivity index is 1.51. The van der Waals surface area contributed by atoms with Gasteiger partial charge in [-0.1, -0.05) is 0 Å². The summed E-state index contributed by atoms with van der Waals surface area (Å²) in [5.74, 6) is 1.63. The van der Waals surface area contributed by atoms with Crippen LogP contribution in [0, 0.1) is 0 Å². The highest BCUT2D eigenvalue weighted by molar-refractivity contribution is 5.94. The summed E-state index contributed by atoms with van der Waals surface area (Å²) in [7, 11) is 0. The molecular weight excluding hydrogens is 282 g/mol. The maximum Gasteiger partial charge on any atom is 0.252 e. The van der Waals surface area contributed by atoms with Gasteiger partial charge < -0.3 is 19.4 Å². The summed E-state index contributed by atoms with van der Waals surface area (Å²) in [6.45, 7) is 3.65. The van der Waals surface area contributed by atoms with E-state index in [1.807, 2.05) is 18.2 Å². The van der Waals surface area contributed by atoms with Gasteiger partial charge in [0.15, 0.2) is 0 Å². The second-order valence-corrected chi connectivity index (χ2v) is 5.09. The number of ether oxygens (including phenoxy) is 1. The van der Waals surface area contributed by atoms with Crippen LogP contribution >= 0.6 is 0 Å². The van der Waals surface area contributed by atoms with Gasteiger partial charge in [-0.05, 0) is 24.3 Å². The molecule has 0 bridgehead atoms. The second kappa shape index (κ2) is 7.09. The molecule has 6 heteroatoms. The monoisotopic (exact) mass is 301 g/mol. The van der Waals surface area contributed by atoms with Crippen LogP contribution in [0.5, 0.6) is 0 Å². The minimum absolute atomic E-state index is 0.118. The molecule has 2 aromatic heterocycles. The number of carbonyl (C=O) groups is 1. The molecule has 1 aliphatic rings. The van der Waals surface area contributed by atoms with Crippen LogP contribution < -0.4 is 10.2 Å². The number of nitrogens with zero attached hydrogens (tertiary/aromatic N) is 2. The van der Waals surface area contributed by atoms with Crippen molar-refractivity contribution in [2.75, 3.05) is 37.7 Å². The van der Waals surface area contributed by atoms with Gasteiger partial charge in [-0.2, -0.15) is 0 Å². The van der Waals surface area contributed by atoms with E-state index in [0.717, 1.165) is 37.9 Å². The molecule has 0 saturated carbocycles. The number of anilines is 1. The number of carbonyl (C=O) groups excluding carboxylic acids is 1. The predicted octanol–water partition coefficient (Wildman–Crippen LogP) is 1.48. The number of amides is 1. The number of furan rings is 1. The summed E-state index contributed by atoms with van der Waals surface area (Å²) in [6, 6.07) is 7.42. The van der Waals surface area contributed by atoms with Gasteiger partial charge in [0, 0.05) is 32.3 Å². The minimum atomic E-state index is -0.118. The number of aromatic nitrogens is 1. The van der Waals surface area contributed by atoms with Crippen LogP contribution in [0.3, 0.4) is 0 Å². The SMILES string of the molecule is O=C(NCCc1ccco1)c1ccc(N2CCOCC2)nc1. The molecule has 6 nitrogen and oxygen atoms in total. The Kier molecular flexibility index (Phi) is 4.70. The lowest BCUT2D eigenvalue weighted by atomic mass is 10.2. The topological polar surface area (TPSA) is 67.6 Å². The molecule has 3 heterocycles. The van der Waals surface area contributed by atoms with Crippen LogP contribution in [0.4, 0.5) is 5.82 Å². The van der Waals surface area contributed by atoms with Crippen molar-refractivity contribution in [3.05, 3.63) is 48.0 Å². The Morgan fingerprint density at radius 1 is 1.27 bits per heavy atom. The molecule has 1 N–H and O–H groups in total. The average Bonchev–Trinajstić information content (AvgIpc) is 3.09. The molecule has 116 valence electrons. The third-order valence-corrected chi connectivity index (χ3v) is 3.58. The van der Waals surface area contributed by atoms with Crippen molar-refractivity contribution in [1.82, 2.24) is 10.3 Å². The standard InChI is InChI=1S/C16H19N3O3/c20-16(17-6-5-14-2-1-9-22-14)13-3-4-15(18-12-13)19-7-10-21-11-8-19/h1-4,9,12H,5-8,10-11H2,(H,17,20). The molecule has 22 heavy (non-hydrogen) atoms. The highest BCUT2D eigenvalue weighted by Gasteiger charge is 2.13. The van der Waals surface area contributed by atoms with Crippen LogP contribution in [0.2, 0.25) is 0 Å². The van der Waals surface area contributed by atoms with Gasteiger partial charge in [0.1, 0.15) is 11.6 Å². The van der Waals surface area contributed by atoms with Gasteiger partial charge in [-0.15, -0.1) is 0 Å². The normalized spacial score (nSPS) is 14.8. The first-order valence-corrected chi connectivity index (χ1v) is 7.42. The van der Waals surface area contributed by atoms with Crippen molar-refractivity contribution in [2.45, 2.75) is 6.42 Å². The van der Waals surface area contributed by atoms with Crippen molar-refractivity contribution >= 4 is 11.7 Å². The van der Waals surface area contributed by atoms with Crippen LogP contribution in [0.1, 0.15) is 16.1 Å². The molecule has 0 spiro atoms. The third-order valence-electron chi connectivity index (χ3n) is 3.58. The molecular formula is C16H19N3O3. The number of rotatable bonds is 5. The van der Waals surface area contributed by atoms with Crippen LogP contribution in [-0.2, 0) is 11.2 Å². The molecule has 0 radical (unpaired) electrons. The smallest absolute Gasteiger partial charge is 0.252 e. The molecule has 1 fully saturated rings. The van der Waals surface area contributed by atoms with Gasteiger partial charge in [-0.3, -0.25) is 4.79 Å². The largest absolute Gasteiger partial charge is 0.469 e. The van der Waals surface area contributed by atoms with E-state index in [9.17, 15) is 4.79 Å². The van der Waals surface area contributed by atoms with E-state index >= 15 is 0 Å². The highest BCUT2D eigenvalue weighted by Crippen LogP contribution is 2.13. The van der Waals surface area contributed by atoms with E-state index in [4.69, 9.17) is 9.15 Å². The number of nitrogens with one attached hydrogen (secondary N) is 1. The first kappa shape index (κ1) is 14.6. The molecule has 2 aromatic rings. The Hall–Kier alpha value is -2.34. The Morgan fingerprint density at radius 2 is 2.14 bits per heavy atom. The summed E-state index contributed by atoms with van der Waals surface area (Å²) < 4.78 is 10.5. The quantitative estimate of drug-likeness (QED) is 0.906. The summed E-state index contributed by atoms with van der Waals surface area (Å²) in [5.41, 5.74) is 0.566. The molecule has 1 saturated heterocycles. The average molecular weight is 301 g/mol. The number of hydrogen-bond acceptors (Lipinski definition) is 5. The zero-order valence-electron chi connectivity index (χ0n) is 12.3. The Bertz CT molecular complexity index is 590. The number of morpholine rings is 1. The minimum Gasteiger partial charge on any atom is -0.469 e. The van der Waals surface area contributed by atoms with Crippen molar-refractivity contribution in [3.63, 3.8) is 0 Å². The van der Waals surface area contributed by atoms with Crippen molar-refractivity contribution < 1.29 is 13.9 Å². The van der Waals surface area contributed by atoms with Crippen LogP contribution in [0.15, 0.2) is 41.1 Å². The van der Waals surface area contributed by atoms with E-state index in [-0.39, 0.29) is 5.91 Å². The zero-order chi connectivity index (χ0) is 15.2. The lowest BCUT2D eigenvalue weighted by molar-refractivity contribution is 0.0953. The van der Waals surface area contributed by atoms with Crippen LogP contribution in [-0.4, -0.2) is 43.7 Å². The Labute approximate surface area is 129 Å². The second-order valence-electron chi connectivity index (χ2n) is 5.09. The molecule has 3 rings (SSSR count). The lowest BCUT2D eigenvalue weighted by Gasteiger charge is -2.27. The van der Waals surface area contributed by atoms with E-state index in [2.05, 4.69) is 15.2 Å². The van der Waals surface area contributed by atoms with Crippen LogP contribution in [0.25, 0.3) is 0 Å². The van der Waals surface area contributed by atoms with Gasteiger partial charge in [-0.25, -0.2) is 4.98 Å². The van der Waals surface area contributed by atoms with Crippen molar-refractivity contribution in [3.8, 4) is 0 Å². The fraction of sp³-hybridized carbons (Fsp3) is 0.375. The first-order chi connectivity index (χ1) is 10.8. The molecule has 1 aliphatic heterocycles. The number of hydrogen-bond donors (Lipinski definition) is 1. The third kappa shape index (κ3) is 3.65. The molecule has 0 aliphatic carbocycles. The zero-order valence-corrected chi connectivity index (χ0v) is 12.3. The van der Waals surface area contributed by atoms with E-state index in [1.54, 1.807) is 18.5 Å². The molecule has 1 amide bonds. The summed E-state index contributed by atoms with van der Waals surface area (Å²) in [4.78, 5) is 18.6. The maximum absolute atomic E-state index is 12.0. The van der Waals surface area contributed by atoms with Crippen molar-refractivity contribution in [1.29, 1.82) is 0 Å². The predicted molar refractivity (Wildman–Crippen MR) is 82.0 cm³/mol. The highest BCUT2D eigenvalue weighted by atomic mass is 16.5. The van der Waals surface area contributed by atoms with Gasteiger partial charge in [0.05, 0.1) is 25.0 Å². The van der Waals surface area contributed by atoms with E-state index in [0.29, 0.717) is 18.5 Å². The van der Waals surface area contributed by atoms with Gasteiger partial charge in [0.25, 0.3) is 5.91 Å². The van der Waals surface area contributed by atoms with Gasteiger partial charge >= 0.3 is 0 Å². The number of pyridine rings is 1. The van der Waals surface area contributed by atoms with E-state index < -0.39 is 0 Å². The first-order valence-electron chi connectivity index (χ1n) is 7.42. The fourth-order valence-corrected chi connectivity index (χ4v) is 2.36. The fourth-order valence-electron chi connectivity index (χ4n) is 2.36.